The Morgan fingerprint density at radius 1 is 0.275 bits per heavy atom. The van der Waals surface area contributed by atoms with E-state index in [0.717, 1.165) is 78.1 Å². The lowest BCUT2D eigenvalue weighted by molar-refractivity contribution is 0.669. The Kier molecular flexibility index (Phi) is 9.84. The predicted octanol–water partition coefficient (Wildman–Crippen LogP) is 18.5. The molecule has 13 aromatic rings. The number of nitrogens with zero attached hydrogens (tertiary/aromatic N) is 2. The maximum Gasteiger partial charge on any atom is 0.136 e. The Labute approximate surface area is 401 Å². The topological polar surface area (TPSA) is 21.3 Å². The first kappa shape index (κ1) is 40.1. The van der Waals surface area contributed by atoms with Crippen molar-refractivity contribution < 1.29 is 4.42 Å². The van der Waals surface area contributed by atoms with Crippen molar-refractivity contribution in [1.29, 1.82) is 0 Å². The molecule has 0 aliphatic heterocycles. The van der Waals surface area contributed by atoms with Crippen LogP contribution in [0.2, 0.25) is 0 Å². The summed E-state index contributed by atoms with van der Waals surface area (Å²) in [5.74, 6) is 0. The van der Waals surface area contributed by atoms with Gasteiger partial charge in [-0.05, 0) is 129 Å². The van der Waals surface area contributed by atoms with Crippen LogP contribution in [0.4, 0.5) is 17.1 Å². The van der Waals surface area contributed by atoms with Gasteiger partial charge in [0, 0.05) is 44.2 Å². The van der Waals surface area contributed by atoms with Crippen LogP contribution in [0, 0.1) is 0 Å². The average molecular weight is 881 g/mol. The molecule has 0 saturated carbocycles. The first-order chi connectivity index (χ1) is 34.2. The lowest BCUT2D eigenvalue weighted by Crippen LogP contribution is -2.11. The van der Waals surface area contributed by atoms with Gasteiger partial charge in [0.05, 0.1) is 16.7 Å². The van der Waals surface area contributed by atoms with E-state index in [2.05, 4.69) is 264 Å². The number of para-hydroxylation sites is 4. The van der Waals surface area contributed by atoms with E-state index in [1.54, 1.807) is 0 Å². The van der Waals surface area contributed by atoms with Crippen LogP contribution in [0.3, 0.4) is 0 Å². The summed E-state index contributed by atoms with van der Waals surface area (Å²) in [5, 5.41) is 4.79. The number of hydrogen-bond donors (Lipinski definition) is 0. The summed E-state index contributed by atoms with van der Waals surface area (Å²) >= 11 is 0. The smallest absolute Gasteiger partial charge is 0.136 e. The van der Waals surface area contributed by atoms with Gasteiger partial charge < -0.3 is 13.9 Å². The highest BCUT2D eigenvalue weighted by Crippen LogP contribution is 2.43. The minimum atomic E-state index is 0.894. The number of furan rings is 1. The average Bonchev–Trinajstić information content (AvgIpc) is 3.97. The summed E-state index contributed by atoms with van der Waals surface area (Å²) in [5.41, 5.74) is 20.2. The number of anilines is 3. The largest absolute Gasteiger partial charge is 0.456 e. The molecule has 0 N–H and O–H groups in total. The molecular formula is C66H44N2O. The fraction of sp³-hybridized carbons (Fsp3) is 0. The number of aromatic nitrogens is 1. The number of rotatable bonds is 9. The third kappa shape index (κ3) is 7.25. The summed E-state index contributed by atoms with van der Waals surface area (Å²) in [6, 6.07) is 96.1. The molecule has 0 saturated heterocycles. The molecule has 2 aromatic heterocycles. The summed E-state index contributed by atoms with van der Waals surface area (Å²) in [6.45, 7) is 0. The highest BCUT2D eigenvalue weighted by Gasteiger charge is 2.19. The van der Waals surface area contributed by atoms with E-state index in [1.165, 1.54) is 44.1 Å². The van der Waals surface area contributed by atoms with Crippen LogP contribution in [-0.2, 0) is 0 Å². The molecule has 0 atom stereocenters. The van der Waals surface area contributed by atoms with Crippen LogP contribution in [0.15, 0.2) is 271 Å². The van der Waals surface area contributed by atoms with Crippen molar-refractivity contribution in [2.24, 2.45) is 0 Å². The van der Waals surface area contributed by atoms with Gasteiger partial charge in [-0.1, -0.05) is 188 Å². The normalized spacial score (nSPS) is 11.5. The second kappa shape index (κ2) is 16.9. The van der Waals surface area contributed by atoms with Crippen LogP contribution >= 0.6 is 0 Å². The minimum Gasteiger partial charge on any atom is -0.456 e. The van der Waals surface area contributed by atoms with Gasteiger partial charge in [0.2, 0.25) is 0 Å². The Morgan fingerprint density at radius 3 is 1.42 bits per heavy atom. The Balaban J connectivity index is 0.864. The highest BCUT2D eigenvalue weighted by atomic mass is 16.3. The Bertz CT molecular complexity index is 3940. The van der Waals surface area contributed by atoms with Crippen LogP contribution in [-0.4, -0.2) is 4.57 Å². The first-order valence-electron chi connectivity index (χ1n) is 23.6. The summed E-state index contributed by atoms with van der Waals surface area (Å²) in [7, 11) is 0. The molecule has 0 spiro atoms. The predicted molar refractivity (Wildman–Crippen MR) is 290 cm³/mol. The van der Waals surface area contributed by atoms with Gasteiger partial charge in [0.25, 0.3) is 0 Å². The third-order valence-corrected chi connectivity index (χ3v) is 13.6. The minimum absolute atomic E-state index is 0.894. The third-order valence-electron chi connectivity index (χ3n) is 13.6. The van der Waals surface area contributed by atoms with Crippen LogP contribution in [0.5, 0.6) is 0 Å². The maximum absolute atomic E-state index is 6.29. The van der Waals surface area contributed by atoms with Gasteiger partial charge in [0.15, 0.2) is 0 Å². The summed E-state index contributed by atoms with van der Waals surface area (Å²) in [4.78, 5) is 2.38. The molecule has 11 aromatic carbocycles. The molecule has 0 bridgehead atoms. The van der Waals surface area contributed by atoms with Gasteiger partial charge in [-0.3, -0.25) is 0 Å². The van der Waals surface area contributed by atoms with Crippen molar-refractivity contribution in [3.05, 3.63) is 267 Å². The molecule has 0 unspecified atom stereocenters. The number of benzene rings is 11. The van der Waals surface area contributed by atoms with E-state index in [4.69, 9.17) is 4.42 Å². The molecule has 324 valence electrons. The van der Waals surface area contributed by atoms with Crippen LogP contribution < -0.4 is 4.90 Å². The molecule has 0 fully saturated rings. The fourth-order valence-corrected chi connectivity index (χ4v) is 10.2. The molecule has 0 aliphatic carbocycles. The van der Waals surface area contributed by atoms with E-state index >= 15 is 0 Å². The monoisotopic (exact) mass is 880 g/mol. The van der Waals surface area contributed by atoms with E-state index < -0.39 is 0 Å². The Hall–Kier alpha value is -9.18. The Morgan fingerprint density at radius 2 is 0.725 bits per heavy atom. The number of hydrogen-bond acceptors (Lipinski definition) is 2. The van der Waals surface area contributed by atoms with Crippen molar-refractivity contribution in [3.8, 4) is 61.3 Å². The van der Waals surface area contributed by atoms with E-state index in [-0.39, 0.29) is 0 Å². The lowest BCUT2D eigenvalue weighted by atomic mass is 9.97. The van der Waals surface area contributed by atoms with E-state index in [9.17, 15) is 0 Å². The van der Waals surface area contributed by atoms with Crippen molar-refractivity contribution >= 4 is 60.8 Å². The molecule has 0 radical (unpaired) electrons. The van der Waals surface area contributed by atoms with Gasteiger partial charge in [-0.25, -0.2) is 0 Å². The number of fused-ring (bicyclic) bond motifs is 6. The van der Waals surface area contributed by atoms with Crippen molar-refractivity contribution in [3.63, 3.8) is 0 Å². The van der Waals surface area contributed by atoms with Gasteiger partial charge in [0.1, 0.15) is 11.2 Å². The highest BCUT2D eigenvalue weighted by molar-refractivity contribution is 6.09. The van der Waals surface area contributed by atoms with Gasteiger partial charge >= 0.3 is 0 Å². The van der Waals surface area contributed by atoms with Gasteiger partial charge in [-0.15, -0.1) is 0 Å². The molecule has 69 heavy (non-hydrogen) atoms. The summed E-state index contributed by atoms with van der Waals surface area (Å²) in [6.07, 6.45) is 0. The quantitative estimate of drug-likeness (QED) is 0.144. The molecule has 2 heterocycles. The molecule has 0 amide bonds. The van der Waals surface area contributed by atoms with E-state index in [1.807, 2.05) is 12.1 Å². The van der Waals surface area contributed by atoms with Crippen molar-refractivity contribution in [2.45, 2.75) is 0 Å². The molecule has 3 nitrogen and oxygen atoms in total. The summed E-state index contributed by atoms with van der Waals surface area (Å²) < 4.78 is 8.67. The lowest BCUT2D eigenvalue weighted by Gasteiger charge is -2.28. The van der Waals surface area contributed by atoms with Crippen molar-refractivity contribution in [2.75, 3.05) is 4.90 Å². The molecular weight excluding hydrogens is 837 g/mol. The zero-order valence-electron chi connectivity index (χ0n) is 37.7. The van der Waals surface area contributed by atoms with Crippen LogP contribution in [0.1, 0.15) is 0 Å². The zero-order valence-corrected chi connectivity index (χ0v) is 37.7. The van der Waals surface area contributed by atoms with Crippen LogP contribution in [0.25, 0.3) is 105 Å². The SMILES string of the molecule is c1ccc(-c2ccc(-c3ccccc3N(c3ccc(-c4cccc(-c5cccc(-n6c7ccccc7c7ccccc76)c5)c4)cc3)c3ccc(-c4ccc5c(c4)oc4ccccc45)cc3)cc2)cc1. The molecule has 3 heteroatoms. The standard InChI is InChI=1S/C66H44N2O/c1-2-14-45(15-3-1)46-28-30-49(31-29-46)57-20-4-8-24-62(57)67(55-39-34-48(35-40-55)53-36-41-61-60-23-7-11-27-65(60)69-66(61)44-53)54-37-32-47(33-38-54)50-16-12-17-51(42-50)52-18-13-19-56(43-52)68-63-25-9-5-21-58(63)59-22-6-10-26-64(59)68/h1-44H. The van der Waals surface area contributed by atoms with E-state index in [0.29, 0.717) is 0 Å². The molecule has 13 rings (SSSR count). The van der Waals surface area contributed by atoms with Crippen molar-refractivity contribution in [1.82, 2.24) is 4.57 Å². The fourth-order valence-electron chi connectivity index (χ4n) is 10.2. The zero-order chi connectivity index (χ0) is 45.7. The van der Waals surface area contributed by atoms with Gasteiger partial charge in [-0.2, -0.15) is 0 Å². The molecule has 0 aliphatic rings. The second-order valence-corrected chi connectivity index (χ2v) is 17.7. The second-order valence-electron chi connectivity index (χ2n) is 17.7. The first-order valence-corrected chi connectivity index (χ1v) is 23.6. The maximum atomic E-state index is 6.29.